The monoisotopic (exact) mass is 450 g/mol. The molecule has 0 N–H and O–H groups in total. The van der Waals surface area contributed by atoms with E-state index >= 15 is 0 Å². The first-order valence-electron chi connectivity index (χ1n) is 10.2. The lowest BCUT2D eigenvalue weighted by Gasteiger charge is -2.35. The van der Waals surface area contributed by atoms with Gasteiger partial charge in [-0.1, -0.05) is 29.8 Å². The van der Waals surface area contributed by atoms with E-state index in [4.69, 9.17) is 11.6 Å². The van der Waals surface area contributed by atoms with Crippen LogP contribution in [-0.2, 0) is 0 Å². The van der Waals surface area contributed by atoms with Crippen molar-refractivity contribution < 1.29 is 18.8 Å². The Morgan fingerprint density at radius 2 is 1.16 bits per heavy atom. The second-order valence-corrected chi connectivity index (χ2v) is 7.91. The maximum atomic E-state index is 13.2. The number of ketones is 1. The van der Waals surface area contributed by atoms with Crippen molar-refractivity contribution in [3.63, 3.8) is 0 Å². The quantitative estimate of drug-likeness (QED) is 0.556. The number of hydrogen-bond acceptors (Lipinski definition) is 3. The van der Waals surface area contributed by atoms with Crippen LogP contribution in [0.3, 0.4) is 0 Å². The van der Waals surface area contributed by atoms with Crippen LogP contribution in [0.4, 0.5) is 4.39 Å². The van der Waals surface area contributed by atoms with Gasteiger partial charge in [0, 0.05) is 47.9 Å². The second kappa shape index (κ2) is 9.32. The highest BCUT2D eigenvalue weighted by Gasteiger charge is 2.27. The van der Waals surface area contributed by atoms with Crippen LogP contribution in [-0.4, -0.2) is 53.6 Å². The summed E-state index contributed by atoms with van der Waals surface area (Å²) in [5, 5.41) is 0.561. The van der Waals surface area contributed by atoms with E-state index in [0.717, 1.165) is 0 Å². The molecule has 0 radical (unpaired) electrons. The van der Waals surface area contributed by atoms with Gasteiger partial charge in [0.1, 0.15) is 5.82 Å². The molecule has 3 aromatic carbocycles. The van der Waals surface area contributed by atoms with Gasteiger partial charge in [0.2, 0.25) is 0 Å². The first-order valence-corrected chi connectivity index (χ1v) is 10.6. The lowest BCUT2D eigenvalue weighted by molar-refractivity contribution is 0.0534. The largest absolute Gasteiger partial charge is 0.335 e. The van der Waals surface area contributed by atoms with Crippen LogP contribution in [0.15, 0.2) is 72.8 Å². The molecule has 2 amide bonds. The zero-order chi connectivity index (χ0) is 22.7. The van der Waals surface area contributed by atoms with Gasteiger partial charge in [-0.3, -0.25) is 14.4 Å². The minimum atomic E-state index is -0.433. The Bertz CT molecular complexity index is 1150. The van der Waals surface area contributed by atoms with Crippen LogP contribution in [0.1, 0.15) is 36.6 Å². The zero-order valence-electron chi connectivity index (χ0n) is 17.1. The average Bonchev–Trinajstić information content (AvgIpc) is 2.84. The third-order valence-corrected chi connectivity index (χ3v) is 5.71. The summed E-state index contributed by atoms with van der Waals surface area (Å²) in [5.41, 5.74) is 1.41. The fourth-order valence-corrected chi connectivity index (χ4v) is 3.81. The van der Waals surface area contributed by atoms with Gasteiger partial charge < -0.3 is 9.80 Å². The SMILES string of the molecule is O=C(c1ccc(F)cc1)c1ccccc1C(=O)N1CCN(C(=O)c2ccc(Cl)cc2)CC1. The predicted octanol–water partition coefficient (Wildman–Crippen LogP) is 4.31. The fraction of sp³-hybridized carbons (Fsp3) is 0.160. The van der Waals surface area contributed by atoms with Gasteiger partial charge in [-0.15, -0.1) is 0 Å². The first kappa shape index (κ1) is 21.7. The van der Waals surface area contributed by atoms with Crippen molar-refractivity contribution in [2.45, 2.75) is 0 Å². The first-order chi connectivity index (χ1) is 15.4. The van der Waals surface area contributed by atoms with Crippen molar-refractivity contribution in [1.82, 2.24) is 9.80 Å². The van der Waals surface area contributed by atoms with E-state index in [2.05, 4.69) is 0 Å². The number of halogens is 2. The molecule has 5 nitrogen and oxygen atoms in total. The molecule has 3 aromatic rings. The molecule has 0 spiro atoms. The molecule has 162 valence electrons. The Kier molecular flexibility index (Phi) is 6.32. The summed E-state index contributed by atoms with van der Waals surface area (Å²) in [6.45, 7) is 1.50. The van der Waals surface area contributed by atoms with Crippen molar-refractivity contribution in [2.75, 3.05) is 26.2 Å². The number of amides is 2. The van der Waals surface area contributed by atoms with Gasteiger partial charge in [-0.05, 0) is 54.6 Å². The molecule has 0 unspecified atom stereocenters. The van der Waals surface area contributed by atoms with Crippen LogP contribution in [0.5, 0.6) is 0 Å². The van der Waals surface area contributed by atoms with E-state index in [1.807, 2.05) is 0 Å². The molecule has 32 heavy (non-hydrogen) atoms. The van der Waals surface area contributed by atoms with Crippen molar-refractivity contribution in [2.24, 2.45) is 0 Å². The van der Waals surface area contributed by atoms with E-state index in [1.165, 1.54) is 24.3 Å². The van der Waals surface area contributed by atoms with Crippen LogP contribution >= 0.6 is 11.6 Å². The summed E-state index contributed by atoms with van der Waals surface area (Å²) in [6, 6.07) is 18.5. The van der Waals surface area contributed by atoms with Gasteiger partial charge in [-0.2, -0.15) is 0 Å². The van der Waals surface area contributed by atoms with Gasteiger partial charge in [-0.25, -0.2) is 4.39 Å². The summed E-state index contributed by atoms with van der Waals surface area (Å²) in [6.07, 6.45) is 0. The van der Waals surface area contributed by atoms with Gasteiger partial charge in [0.05, 0.1) is 5.56 Å². The smallest absolute Gasteiger partial charge is 0.254 e. The molecular formula is C25H20ClFN2O3. The van der Waals surface area contributed by atoms with E-state index in [-0.39, 0.29) is 23.2 Å². The number of benzene rings is 3. The van der Waals surface area contributed by atoms with Crippen molar-refractivity contribution >= 4 is 29.2 Å². The highest BCUT2D eigenvalue weighted by molar-refractivity contribution is 6.30. The van der Waals surface area contributed by atoms with Crippen LogP contribution < -0.4 is 0 Å². The molecule has 4 rings (SSSR count). The fourth-order valence-electron chi connectivity index (χ4n) is 3.68. The van der Waals surface area contributed by atoms with Crippen molar-refractivity contribution in [3.05, 3.63) is 106 Å². The topological polar surface area (TPSA) is 57.7 Å². The maximum absolute atomic E-state index is 13.2. The number of carbonyl (C=O) groups excluding carboxylic acids is 3. The maximum Gasteiger partial charge on any atom is 0.254 e. The van der Waals surface area contributed by atoms with Crippen LogP contribution in [0.2, 0.25) is 5.02 Å². The summed E-state index contributed by atoms with van der Waals surface area (Å²) >= 11 is 5.89. The molecule has 0 atom stereocenters. The van der Waals surface area contributed by atoms with Crippen molar-refractivity contribution in [1.29, 1.82) is 0 Å². The average molecular weight is 451 g/mol. The molecule has 1 saturated heterocycles. The molecule has 7 heteroatoms. The lowest BCUT2D eigenvalue weighted by atomic mass is 9.97. The molecule has 0 aliphatic carbocycles. The highest BCUT2D eigenvalue weighted by atomic mass is 35.5. The number of nitrogens with zero attached hydrogens (tertiary/aromatic N) is 2. The highest BCUT2D eigenvalue weighted by Crippen LogP contribution is 2.19. The van der Waals surface area contributed by atoms with Gasteiger partial charge >= 0.3 is 0 Å². The zero-order valence-corrected chi connectivity index (χ0v) is 17.9. The van der Waals surface area contributed by atoms with E-state index in [9.17, 15) is 18.8 Å². The molecule has 0 bridgehead atoms. The van der Waals surface area contributed by atoms with E-state index in [1.54, 1.807) is 58.3 Å². The Labute approximate surface area is 190 Å². The summed E-state index contributed by atoms with van der Waals surface area (Å²) in [7, 11) is 0. The Morgan fingerprint density at radius 1 is 0.656 bits per heavy atom. The second-order valence-electron chi connectivity index (χ2n) is 7.47. The van der Waals surface area contributed by atoms with E-state index < -0.39 is 5.82 Å². The number of rotatable bonds is 4. The van der Waals surface area contributed by atoms with Gasteiger partial charge in [0.15, 0.2) is 5.78 Å². The number of piperazine rings is 1. The third-order valence-electron chi connectivity index (χ3n) is 5.45. The van der Waals surface area contributed by atoms with Crippen molar-refractivity contribution in [3.8, 4) is 0 Å². The minimum absolute atomic E-state index is 0.111. The van der Waals surface area contributed by atoms with Gasteiger partial charge in [0.25, 0.3) is 11.8 Å². The standard InChI is InChI=1S/C25H20ClFN2O3/c26-19-9-5-18(6-10-19)24(31)28-13-15-29(16-14-28)25(32)22-4-2-1-3-21(22)23(30)17-7-11-20(27)12-8-17/h1-12H,13-16H2. The molecule has 1 aliphatic heterocycles. The predicted molar refractivity (Wildman–Crippen MR) is 120 cm³/mol. The summed E-state index contributed by atoms with van der Waals surface area (Å²) in [4.78, 5) is 42.2. The van der Waals surface area contributed by atoms with Crippen LogP contribution in [0, 0.1) is 5.82 Å². The lowest BCUT2D eigenvalue weighted by Crippen LogP contribution is -2.50. The Hall–Kier alpha value is -3.51. The Balaban J connectivity index is 1.47. The van der Waals surface area contributed by atoms with Crippen LogP contribution in [0.25, 0.3) is 0 Å². The molecular weight excluding hydrogens is 431 g/mol. The minimum Gasteiger partial charge on any atom is -0.335 e. The third kappa shape index (κ3) is 4.55. The molecule has 0 saturated carbocycles. The molecule has 1 aliphatic rings. The molecule has 1 heterocycles. The van der Waals surface area contributed by atoms with E-state index in [0.29, 0.717) is 47.9 Å². The Morgan fingerprint density at radius 3 is 1.75 bits per heavy atom. The molecule has 1 fully saturated rings. The summed E-state index contributed by atoms with van der Waals surface area (Å²) in [5.74, 6) is -1.15. The normalized spacial score (nSPS) is 13.7. The number of carbonyl (C=O) groups is 3. The summed E-state index contributed by atoms with van der Waals surface area (Å²) < 4.78 is 13.2. The molecule has 0 aromatic heterocycles. The number of hydrogen-bond donors (Lipinski definition) is 0.